The van der Waals surface area contributed by atoms with Crippen LogP contribution in [0.25, 0.3) is 0 Å². The standard InChI is InChI=1S/C20H25N3O5/c1-3-27-18-12-15(4-5-17(18)28-13-19(24)25)20(26)23-10-7-14(8-11-23)16-6-9-21-22(16)2/h4-6,9,12,14H,3,7-8,10-11,13H2,1-2H3,(H,24,25). The van der Waals surface area contributed by atoms with E-state index >= 15 is 0 Å². The molecular formula is C20H25N3O5. The Labute approximate surface area is 163 Å². The Hall–Kier alpha value is -3.03. The maximum Gasteiger partial charge on any atom is 0.341 e. The molecule has 1 fully saturated rings. The van der Waals surface area contributed by atoms with E-state index in [-0.39, 0.29) is 5.91 Å². The van der Waals surface area contributed by atoms with Crippen molar-refractivity contribution in [2.45, 2.75) is 25.7 Å². The van der Waals surface area contributed by atoms with Crippen molar-refractivity contribution < 1.29 is 24.2 Å². The highest BCUT2D eigenvalue weighted by molar-refractivity contribution is 5.95. The number of hydrogen-bond donors (Lipinski definition) is 1. The van der Waals surface area contributed by atoms with Crippen LogP contribution in [0.2, 0.25) is 0 Å². The van der Waals surface area contributed by atoms with Gasteiger partial charge in [0.25, 0.3) is 5.91 Å². The molecule has 1 amide bonds. The molecule has 0 atom stereocenters. The lowest BCUT2D eigenvalue weighted by Gasteiger charge is -2.32. The molecule has 0 radical (unpaired) electrons. The van der Waals surface area contributed by atoms with E-state index in [1.165, 1.54) is 5.69 Å². The number of rotatable bonds is 7. The van der Waals surface area contributed by atoms with Crippen LogP contribution >= 0.6 is 0 Å². The van der Waals surface area contributed by atoms with Gasteiger partial charge in [0.05, 0.1) is 6.61 Å². The minimum atomic E-state index is -1.07. The monoisotopic (exact) mass is 387 g/mol. The van der Waals surface area contributed by atoms with E-state index in [9.17, 15) is 9.59 Å². The number of aromatic nitrogens is 2. The number of hydrogen-bond acceptors (Lipinski definition) is 5. The number of benzene rings is 1. The summed E-state index contributed by atoms with van der Waals surface area (Å²) in [5, 5.41) is 13.0. The maximum atomic E-state index is 12.9. The molecule has 2 aromatic rings. The van der Waals surface area contributed by atoms with Gasteiger partial charge in [-0.05, 0) is 44.0 Å². The van der Waals surface area contributed by atoms with E-state index in [4.69, 9.17) is 14.6 Å². The highest BCUT2D eigenvalue weighted by Crippen LogP contribution is 2.31. The molecule has 8 nitrogen and oxygen atoms in total. The van der Waals surface area contributed by atoms with Crippen LogP contribution in [0.4, 0.5) is 0 Å². The third kappa shape index (κ3) is 4.44. The third-order valence-electron chi connectivity index (χ3n) is 4.90. The topological polar surface area (TPSA) is 93.9 Å². The zero-order valence-electron chi connectivity index (χ0n) is 16.1. The highest BCUT2D eigenvalue weighted by Gasteiger charge is 2.26. The van der Waals surface area contributed by atoms with Gasteiger partial charge in [0.1, 0.15) is 0 Å². The van der Waals surface area contributed by atoms with Crippen LogP contribution in [0.3, 0.4) is 0 Å². The zero-order chi connectivity index (χ0) is 20.1. The normalized spacial score (nSPS) is 14.7. The number of aryl methyl sites for hydroxylation is 1. The summed E-state index contributed by atoms with van der Waals surface area (Å²) in [6.07, 6.45) is 3.59. The van der Waals surface area contributed by atoms with Crippen LogP contribution in [-0.2, 0) is 11.8 Å². The van der Waals surface area contributed by atoms with Crippen LogP contribution in [0.15, 0.2) is 30.5 Å². The van der Waals surface area contributed by atoms with E-state index in [1.807, 2.05) is 29.6 Å². The van der Waals surface area contributed by atoms with Gasteiger partial charge < -0.3 is 19.5 Å². The van der Waals surface area contributed by atoms with Gasteiger partial charge in [-0.3, -0.25) is 9.48 Å². The Balaban J connectivity index is 1.67. The second kappa shape index (κ2) is 8.77. The number of carboxylic acid groups (broad SMARTS) is 1. The minimum Gasteiger partial charge on any atom is -0.490 e. The highest BCUT2D eigenvalue weighted by atomic mass is 16.5. The van der Waals surface area contributed by atoms with Crippen molar-refractivity contribution in [1.82, 2.24) is 14.7 Å². The van der Waals surface area contributed by atoms with Crippen molar-refractivity contribution in [2.24, 2.45) is 7.05 Å². The molecule has 0 aliphatic carbocycles. The second-order valence-electron chi connectivity index (χ2n) is 6.72. The van der Waals surface area contributed by atoms with E-state index in [2.05, 4.69) is 5.10 Å². The first-order valence-electron chi connectivity index (χ1n) is 9.38. The van der Waals surface area contributed by atoms with E-state index in [0.29, 0.717) is 42.7 Å². The fourth-order valence-electron chi connectivity index (χ4n) is 3.51. The summed E-state index contributed by atoms with van der Waals surface area (Å²) in [4.78, 5) is 25.5. The van der Waals surface area contributed by atoms with Crippen LogP contribution in [0.5, 0.6) is 11.5 Å². The van der Waals surface area contributed by atoms with E-state index in [0.717, 1.165) is 12.8 Å². The fourth-order valence-corrected chi connectivity index (χ4v) is 3.51. The number of likely N-dealkylation sites (tertiary alicyclic amines) is 1. The van der Waals surface area contributed by atoms with Gasteiger partial charge in [-0.1, -0.05) is 0 Å². The minimum absolute atomic E-state index is 0.0609. The van der Waals surface area contributed by atoms with Gasteiger partial charge in [0.2, 0.25) is 0 Å². The lowest BCUT2D eigenvalue weighted by Crippen LogP contribution is -2.38. The average molecular weight is 387 g/mol. The summed E-state index contributed by atoms with van der Waals surface area (Å²) < 4.78 is 12.7. The predicted octanol–water partition coefficient (Wildman–Crippen LogP) is 2.30. The molecule has 1 aliphatic rings. The first-order chi connectivity index (χ1) is 13.5. The number of piperidine rings is 1. The molecule has 3 rings (SSSR count). The molecule has 28 heavy (non-hydrogen) atoms. The second-order valence-corrected chi connectivity index (χ2v) is 6.72. The molecule has 0 spiro atoms. The van der Waals surface area contributed by atoms with E-state index < -0.39 is 12.6 Å². The number of carbonyl (C=O) groups is 2. The first-order valence-corrected chi connectivity index (χ1v) is 9.38. The Morgan fingerprint density at radius 3 is 2.54 bits per heavy atom. The lowest BCUT2D eigenvalue weighted by atomic mass is 9.93. The molecule has 150 valence electrons. The van der Waals surface area contributed by atoms with Crippen molar-refractivity contribution >= 4 is 11.9 Å². The molecule has 0 unspecified atom stereocenters. The Bertz CT molecular complexity index is 840. The summed E-state index contributed by atoms with van der Waals surface area (Å²) in [6.45, 7) is 3.09. The maximum absolute atomic E-state index is 12.9. The van der Waals surface area contributed by atoms with Crippen molar-refractivity contribution in [3.8, 4) is 11.5 Å². The van der Waals surface area contributed by atoms with Crippen molar-refractivity contribution in [2.75, 3.05) is 26.3 Å². The summed E-state index contributed by atoms with van der Waals surface area (Å²) >= 11 is 0. The number of nitrogens with zero attached hydrogens (tertiary/aromatic N) is 3. The molecule has 1 aromatic carbocycles. The number of amides is 1. The Kier molecular flexibility index (Phi) is 6.18. The smallest absolute Gasteiger partial charge is 0.341 e. The van der Waals surface area contributed by atoms with Gasteiger partial charge in [-0.25, -0.2) is 4.79 Å². The van der Waals surface area contributed by atoms with Crippen LogP contribution in [-0.4, -0.2) is 58.0 Å². The van der Waals surface area contributed by atoms with Crippen LogP contribution in [0.1, 0.15) is 41.7 Å². The van der Waals surface area contributed by atoms with Crippen molar-refractivity contribution in [1.29, 1.82) is 0 Å². The van der Waals surface area contributed by atoms with E-state index in [1.54, 1.807) is 24.4 Å². The summed E-state index contributed by atoms with van der Waals surface area (Å²) in [6, 6.07) is 6.89. The van der Waals surface area contributed by atoms with Gasteiger partial charge >= 0.3 is 5.97 Å². The Morgan fingerprint density at radius 1 is 1.18 bits per heavy atom. The van der Waals surface area contributed by atoms with Crippen molar-refractivity contribution in [3.05, 3.63) is 41.7 Å². The van der Waals surface area contributed by atoms with Gasteiger partial charge in [-0.2, -0.15) is 5.10 Å². The summed E-state index contributed by atoms with van der Waals surface area (Å²) in [7, 11) is 1.94. The summed E-state index contributed by atoms with van der Waals surface area (Å²) in [5.74, 6) is -0.0366. The van der Waals surface area contributed by atoms with Gasteiger partial charge in [-0.15, -0.1) is 0 Å². The first kappa shape index (κ1) is 19.7. The lowest BCUT2D eigenvalue weighted by molar-refractivity contribution is -0.139. The fraction of sp³-hybridized carbons (Fsp3) is 0.450. The Morgan fingerprint density at radius 2 is 1.93 bits per heavy atom. The molecule has 0 bridgehead atoms. The van der Waals surface area contributed by atoms with Gasteiger partial charge in [0, 0.05) is 43.5 Å². The number of carboxylic acids is 1. The zero-order valence-corrected chi connectivity index (χ0v) is 16.1. The largest absolute Gasteiger partial charge is 0.490 e. The molecule has 1 saturated heterocycles. The molecule has 2 heterocycles. The quantitative estimate of drug-likeness (QED) is 0.784. The molecule has 0 saturated carbocycles. The number of ether oxygens (including phenoxy) is 2. The molecule has 8 heteroatoms. The molecule has 1 aromatic heterocycles. The average Bonchev–Trinajstić information content (AvgIpc) is 3.12. The molecular weight excluding hydrogens is 362 g/mol. The molecule has 1 aliphatic heterocycles. The third-order valence-corrected chi connectivity index (χ3v) is 4.90. The summed E-state index contributed by atoms with van der Waals surface area (Å²) in [5.41, 5.74) is 1.70. The number of aliphatic carboxylic acids is 1. The van der Waals surface area contributed by atoms with Crippen LogP contribution < -0.4 is 9.47 Å². The number of carbonyl (C=O) groups excluding carboxylic acids is 1. The predicted molar refractivity (Wildman–Crippen MR) is 102 cm³/mol. The van der Waals surface area contributed by atoms with Crippen molar-refractivity contribution in [3.63, 3.8) is 0 Å². The van der Waals surface area contributed by atoms with Crippen LogP contribution in [0, 0.1) is 0 Å². The molecule has 1 N–H and O–H groups in total. The SMILES string of the molecule is CCOc1cc(C(=O)N2CCC(c3ccnn3C)CC2)ccc1OCC(=O)O. The van der Waals surface area contributed by atoms with Gasteiger partial charge in [0.15, 0.2) is 18.1 Å².